The zero-order valence-electron chi connectivity index (χ0n) is 25.4. The summed E-state index contributed by atoms with van der Waals surface area (Å²) < 4.78 is 10.1. The van der Waals surface area contributed by atoms with E-state index in [9.17, 15) is 19.5 Å². The van der Waals surface area contributed by atoms with Crippen LogP contribution in [0.1, 0.15) is 60.2 Å². The maximum Gasteiger partial charge on any atom is 0.316 e. The fourth-order valence-electron chi connectivity index (χ4n) is 6.15. The van der Waals surface area contributed by atoms with Gasteiger partial charge in [0.1, 0.15) is 11.5 Å². The highest BCUT2D eigenvalue weighted by Crippen LogP contribution is 2.42. The number of methoxy groups -OCH3 is 1. The molecule has 3 aromatic carbocycles. The SMILES string of the molecule is CCOC(=O)C(CCN1CCC(C(O)(c2ccccc2)c2ccccc2)CC1)C(=O)c1ccc(CC(C)C(=O)OC)cc1. The predicted molar refractivity (Wildman–Crippen MR) is 165 cm³/mol. The minimum absolute atomic E-state index is 0.0245. The van der Waals surface area contributed by atoms with Gasteiger partial charge < -0.3 is 19.5 Å². The summed E-state index contributed by atoms with van der Waals surface area (Å²) in [5, 5.41) is 12.2. The number of esters is 2. The van der Waals surface area contributed by atoms with Crippen LogP contribution in [0, 0.1) is 17.8 Å². The molecule has 0 aromatic heterocycles. The molecule has 0 spiro atoms. The topological polar surface area (TPSA) is 93.1 Å². The summed E-state index contributed by atoms with van der Waals surface area (Å²) in [4.78, 5) is 40.4. The summed E-state index contributed by atoms with van der Waals surface area (Å²) in [6.07, 6.45) is 2.42. The van der Waals surface area contributed by atoms with E-state index >= 15 is 0 Å². The molecule has 3 aromatic rings. The van der Waals surface area contributed by atoms with E-state index in [2.05, 4.69) is 4.90 Å². The van der Waals surface area contributed by atoms with Gasteiger partial charge in [-0.1, -0.05) is 91.9 Å². The van der Waals surface area contributed by atoms with E-state index in [4.69, 9.17) is 9.47 Å². The van der Waals surface area contributed by atoms with Crippen molar-refractivity contribution in [3.8, 4) is 0 Å². The second-order valence-corrected chi connectivity index (χ2v) is 11.4. The van der Waals surface area contributed by atoms with Crippen molar-refractivity contribution in [3.05, 3.63) is 107 Å². The molecule has 1 heterocycles. The Bertz CT molecular complexity index is 1290. The normalized spacial score (nSPS) is 15.8. The van der Waals surface area contributed by atoms with Crippen LogP contribution in [-0.4, -0.2) is 61.1 Å². The minimum Gasteiger partial charge on any atom is -0.469 e. The Balaban J connectivity index is 1.41. The third kappa shape index (κ3) is 7.78. The lowest BCUT2D eigenvalue weighted by Gasteiger charge is -2.42. The third-order valence-corrected chi connectivity index (χ3v) is 8.61. The maximum absolute atomic E-state index is 13.5. The number of ketones is 1. The molecule has 7 heteroatoms. The molecule has 0 saturated carbocycles. The molecule has 1 N–H and O–H groups in total. The summed E-state index contributed by atoms with van der Waals surface area (Å²) >= 11 is 0. The van der Waals surface area contributed by atoms with Crippen molar-refractivity contribution >= 4 is 17.7 Å². The number of likely N-dealkylation sites (tertiary alicyclic amines) is 1. The highest BCUT2D eigenvalue weighted by Gasteiger charge is 2.41. The third-order valence-electron chi connectivity index (χ3n) is 8.61. The van der Waals surface area contributed by atoms with Crippen molar-refractivity contribution in [2.24, 2.45) is 17.8 Å². The number of aliphatic hydroxyl groups is 1. The molecule has 228 valence electrons. The molecular formula is C36H43NO6. The Kier molecular flexibility index (Phi) is 11.3. The van der Waals surface area contributed by atoms with Gasteiger partial charge in [-0.3, -0.25) is 14.4 Å². The average Bonchev–Trinajstić information content (AvgIpc) is 3.05. The molecule has 0 bridgehead atoms. The van der Waals surface area contributed by atoms with Gasteiger partial charge in [0.2, 0.25) is 0 Å². The number of nitrogens with zero attached hydrogens (tertiary/aromatic N) is 1. The average molecular weight is 586 g/mol. The molecule has 7 nitrogen and oxygen atoms in total. The zero-order valence-corrected chi connectivity index (χ0v) is 25.4. The number of piperidine rings is 1. The molecule has 1 aliphatic rings. The minimum atomic E-state index is -1.10. The Labute approximate surface area is 254 Å². The number of ether oxygens (including phenoxy) is 2. The second-order valence-electron chi connectivity index (χ2n) is 11.4. The predicted octanol–water partition coefficient (Wildman–Crippen LogP) is 5.44. The van der Waals surface area contributed by atoms with E-state index in [1.807, 2.05) is 72.8 Å². The van der Waals surface area contributed by atoms with Gasteiger partial charge in [0.25, 0.3) is 0 Å². The number of carbonyl (C=O) groups excluding carboxylic acids is 3. The molecule has 0 radical (unpaired) electrons. The maximum atomic E-state index is 13.5. The lowest BCUT2D eigenvalue weighted by Crippen LogP contribution is -2.45. The number of Topliss-reactive ketones (excluding diaryl/α,β-unsaturated/α-hetero) is 1. The van der Waals surface area contributed by atoms with Gasteiger partial charge in [0, 0.05) is 5.56 Å². The van der Waals surface area contributed by atoms with Crippen LogP contribution in [-0.2, 0) is 31.1 Å². The van der Waals surface area contributed by atoms with Gasteiger partial charge >= 0.3 is 11.9 Å². The molecule has 1 saturated heterocycles. The van der Waals surface area contributed by atoms with Crippen molar-refractivity contribution in [2.45, 2.75) is 45.1 Å². The first-order valence-corrected chi connectivity index (χ1v) is 15.2. The quantitative estimate of drug-likeness (QED) is 0.162. The molecule has 4 rings (SSSR count). The van der Waals surface area contributed by atoms with E-state index < -0.39 is 17.5 Å². The summed E-state index contributed by atoms with van der Waals surface area (Å²) in [5.74, 6) is -2.22. The molecular weight excluding hydrogens is 542 g/mol. The van der Waals surface area contributed by atoms with Crippen molar-refractivity contribution in [2.75, 3.05) is 33.4 Å². The van der Waals surface area contributed by atoms with Gasteiger partial charge in [-0.05, 0) is 74.8 Å². The lowest BCUT2D eigenvalue weighted by molar-refractivity contribution is -0.146. The fourth-order valence-corrected chi connectivity index (χ4v) is 6.15. The fraction of sp³-hybridized carbons (Fsp3) is 0.417. The molecule has 1 fully saturated rings. The molecule has 2 unspecified atom stereocenters. The number of hydrogen-bond acceptors (Lipinski definition) is 7. The highest BCUT2D eigenvalue weighted by atomic mass is 16.5. The van der Waals surface area contributed by atoms with E-state index in [1.165, 1.54) is 7.11 Å². The van der Waals surface area contributed by atoms with Crippen LogP contribution in [0.15, 0.2) is 84.9 Å². The Morgan fingerprint density at radius 2 is 1.44 bits per heavy atom. The van der Waals surface area contributed by atoms with Crippen LogP contribution in [0.4, 0.5) is 0 Å². The molecule has 0 amide bonds. The molecule has 0 aliphatic carbocycles. The standard InChI is InChI=1S/C36H43NO6/c1-4-43-35(40)32(33(38)28-17-15-27(16-18-28)25-26(2)34(39)42-3)21-24-37-22-19-31(20-23-37)36(41,29-11-7-5-8-12-29)30-13-9-6-10-14-30/h5-18,26,31-32,41H,4,19-25H2,1-3H3. The van der Waals surface area contributed by atoms with Gasteiger partial charge in [-0.2, -0.15) is 0 Å². The first-order valence-electron chi connectivity index (χ1n) is 15.2. The van der Waals surface area contributed by atoms with Gasteiger partial charge in [0.05, 0.1) is 19.6 Å². The van der Waals surface area contributed by atoms with Crippen molar-refractivity contribution in [1.29, 1.82) is 0 Å². The summed E-state index contributed by atoms with van der Waals surface area (Å²) in [7, 11) is 1.37. The number of rotatable bonds is 13. The molecule has 43 heavy (non-hydrogen) atoms. The van der Waals surface area contributed by atoms with Crippen molar-refractivity contribution < 1.29 is 29.0 Å². The summed E-state index contributed by atoms with van der Waals surface area (Å²) in [5.41, 5.74) is 2.04. The highest BCUT2D eigenvalue weighted by molar-refractivity contribution is 6.08. The molecule has 2 atom stereocenters. The summed E-state index contributed by atoms with van der Waals surface area (Å²) in [6, 6.07) is 26.8. The van der Waals surface area contributed by atoms with Gasteiger partial charge in [-0.15, -0.1) is 0 Å². The van der Waals surface area contributed by atoms with Crippen LogP contribution in [0.3, 0.4) is 0 Å². The van der Waals surface area contributed by atoms with E-state index in [0.717, 1.165) is 42.6 Å². The van der Waals surface area contributed by atoms with Crippen LogP contribution < -0.4 is 0 Å². The first kappa shape index (κ1) is 32.1. The Morgan fingerprint density at radius 1 is 0.884 bits per heavy atom. The largest absolute Gasteiger partial charge is 0.469 e. The van der Waals surface area contributed by atoms with Gasteiger partial charge in [-0.25, -0.2) is 0 Å². The van der Waals surface area contributed by atoms with Gasteiger partial charge in [0.15, 0.2) is 5.78 Å². The Hall–Kier alpha value is -3.81. The van der Waals surface area contributed by atoms with Crippen molar-refractivity contribution in [1.82, 2.24) is 4.90 Å². The van der Waals surface area contributed by atoms with E-state index in [0.29, 0.717) is 24.9 Å². The Morgan fingerprint density at radius 3 is 1.95 bits per heavy atom. The van der Waals surface area contributed by atoms with Crippen LogP contribution in [0.2, 0.25) is 0 Å². The summed E-state index contributed by atoms with van der Waals surface area (Å²) in [6.45, 7) is 5.82. The van der Waals surface area contributed by atoms with E-state index in [1.54, 1.807) is 26.0 Å². The number of hydrogen-bond donors (Lipinski definition) is 1. The van der Waals surface area contributed by atoms with Crippen LogP contribution >= 0.6 is 0 Å². The second kappa shape index (κ2) is 15.1. The zero-order chi connectivity index (χ0) is 30.8. The van der Waals surface area contributed by atoms with Crippen LogP contribution in [0.5, 0.6) is 0 Å². The first-order chi connectivity index (χ1) is 20.8. The van der Waals surface area contributed by atoms with Crippen LogP contribution in [0.25, 0.3) is 0 Å². The number of carbonyl (C=O) groups is 3. The smallest absolute Gasteiger partial charge is 0.316 e. The van der Waals surface area contributed by atoms with E-state index in [-0.39, 0.29) is 30.2 Å². The number of benzene rings is 3. The monoisotopic (exact) mass is 585 g/mol. The lowest BCUT2D eigenvalue weighted by atomic mass is 9.72. The molecule has 1 aliphatic heterocycles. The van der Waals surface area contributed by atoms with Crippen molar-refractivity contribution in [3.63, 3.8) is 0 Å².